The first kappa shape index (κ1) is 20.9. The number of hydrogen-bond donors (Lipinski definition) is 1. The van der Waals surface area contributed by atoms with E-state index in [0.717, 1.165) is 37.6 Å². The number of carbonyl (C=O) groups is 1. The van der Waals surface area contributed by atoms with Crippen LogP contribution < -0.4 is 5.32 Å². The van der Waals surface area contributed by atoms with Gasteiger partial charge in [-0.1, -0.05) is 43.4 Å². The van der Waals surface area contributed by atoms with Crippen LogP contribution in [0.5, 0.6) is 0 Å². The molecule has 1 fully saturated rings. The second-order valence-electron chi connectivity index (χ2n) is 7.45. The highest BCUT2D eigenvalue weighted by Gasteiger charge is 2.28. The SMILES string of the molecule is CCn1ccc(NC(=O)C(CC2CCCC2)c2ccc(S(C)(=O)=O)c(Cl)c2)n1. The molecule has 1 heterocycles. The molecule has 1 aliphatic rings. The number of aryl methyl sites for hydroxylation is 1. The Morgan fingerprint density at radius 2 is 2.04 bits per heavy atom. The number of halogens is 1. The van der Waals surface area contributed by atoms with Gasteiger partial charge >= 0.3 is 0 Å². The van der Waals surface area contributed by atoms with E-state index in [1.807, 2.05) is 13.1 Å². The van der Waals surface area contributed by atoms with Crippen molar-refractivity contribution < 1.29 is 13.2 Å². The molecule has 6 nitrogen and oxygen atoms in total. The van der Waals surface area contributed by atoms with Crippen molar-refractivity contribution in [1.82, 2.24) is 9.78 Å². The van der Waals surface area contributed by atoms with Gasteiger partial charge < -0.3 is 5.32 Å². The van der Waals surface area contributed by atoms with Gasteiger partial charge in [0.1, 0.15) is 0 Å². The van der Waals surface area contributed by atoms with Crippen LogP contribution in [-0.4, -0.2) is 30.4 Å². The van der Waals surface area contributed by atoms with Gasteiger partial charge in [-0.15, -0.1) is 0 Å². The summed E-state index contributed by atoms with van der Waals surface area (Å²) in [5.74, 6) is 0.455. The molecule has 152 valence electrons. The number of sulfone groups is 1. The minimum absolute atomic E-state index is 0.0830. The quantitative estimate of drug-likeness (QED) is 0.721. The Labute approximate surface area is 171 Å². The van der Waals surface area contributed by atoms with Crippen LogP contribution in [-0.2, 0) is 21.2 Å². The third-order valence-electron chi connectivity index (χ3n) is 5.33. The van der Waals surface area contributed by atoms with Crippen LogP contribution in [0.1, 0.15) is 50.5 Å². The van der Waals surface area contributed by atoms with Gasteiger partial charge in [-0.25, -0.2) is 8.42 Å². The fourth-order valence-corrected chi connectivity index (χ4v) is 5.16. The van der Waals surface area contributed by atoms with Crippen molar-refractivity contribution in [2.75, 3.05) is 11.6 Å². The van der Waals surface area contributed by atoms with Crippen molar-refractivity contribution in [3.8, 4) is 0 Å². The van der Waals surface area contributed by atoms with Crippen molar-refractivity contribution in [1.29, 1.82) is 0 Å². The van der Waals surface area contributed by atoms with Gasteiger partial charge in [-0.3, -0.25) is 9.48 Å². The molecule has 8 heteroatoms. The second-order valence-corrected chi connectivity index (χ2v) is 9.84. The Balaban J connectivity index is 1.87. The third kappa shape index (κ3) is 4.94. The van der Waals surface area contributed by atoms with E-state index in [9.17, 15) is 13.2 Å². The van der Waals surface area contributed by atoms with E-state index in [0.29, 0.717) is 11.7 Å². The van der Waals surface area contributed by atoms with Gasteiger partial charge in [0.15, 0.2) is 15.7 Å². The molecule has 3 rings (SSSR count). The summed E-state index contributed by atoms with van der Waals surface area (Å²) in [6.07, 6.45) is 8.27. The van der Waals surface area contributed by atoms with E-state index in [1.54, 1.807) is 22.9 Å². The highest BCUT2D eigenvalue weighted by Crippen LogP contribution is 2.36. The van der Waals surface area contributed by atoms with Crippen LogP contribution in [0.3, 0.4) is 0 Å². The molecular formula is C20H26ClN3O3S. The summed E-state index contributed by atoms with van der Waals surface area (Å²) >= 11 is 6.24. The molecule has 0 radical (unpaired) electrons. The Hall–Kier alpha value is -1.86. The van der Waals surface area contributed by atoms with E-state index in [4.69, 9.17) is 11.6 Å². The summed E-state index contributed by atoms with van der Waals surface area (Å²) in [5, 5.41) is 7.37. The van der Waals surface area contributed by atoms with Gasteiger partial charge in [0.2, 0.25) is 5.91 Å². The van der Waals surface area contributed by atoms with Crippen molar-refractivity contribution in [3.63, 3.8) is 0 Å². The van der Waals surface area contributed by atoms with Crippen LogP contribution in [0.15, 0.2) is 35.4 Å². The normalized spacial score (nSPS) is 16.2. The molecular weight excluding hydrogens is 398 g/mol. The van der Waals surface area contributed by atoms with Crippen LogP contribution in [0.25, 0.3) is 0 Å². The summed E-state index contributed by atoms with van der Waals surface area (Å²) in [7, 11) is -3.41. The molecule has 1 saturated carbocycles. The molecule has 0 bridgehead atoms. The fourth-order valence-electron chi connectivity index (χ4n) is 3.83. The molecule has 1 aromatic heterocycles. The Morgan fingerprint density at radius 3 is 2.61 bits per heavy atom. The van der Waals surface area contributed by atoms with Crippen LogP contribution in [0.4, 0.5) is 5.82 Å². The lowest BCUT2D eigenvalue weighted by Crippen LogP contribution is -2.23. The maximum atomic E-state index is 13.1. The van der Waals surface area contributed by atoms with E-state index in [-0.39, 0.29) is 15.8 Å². The van der Waals surface area contributed by atoms with Gasteiger partial charge in [0.25, 0.3) is 0 Å². The van der Waals surface area contributed by atoms with E-state index >= 15 is 0 Å². The first-order chi connectivity index (χ1) is 13.3. The molecule has 0 spiro atoms. The van der Waals surface area contributed by atoms with Crippen molar-refractivity contribution in [2.24, 2.45) is 5.92 Å². The van der Waals surface area contributed by atoms with Gasteiger partial charge in [-0.2, -0.15) is 5.10 Å². The van der Waals surface area contributed by atoms with Crippen LogP contribution >= 0.6 is 11.6 Å². The number of hydrogen-bond acceptors (Lipinski definition) is 4. The minimum atomic E-state index is -3.41. The molecule has 1 aromatic carbocycles. The zero-order chi connectivity index (χ0) is 20.3. The number of carbonyl (C=O) groups excluding carboxylic acids is 1. The number of benzene rings is 1. The lowest BCUT2D eigenvalue weighted by molar-refractivity contribution is -0.118. The predicted molar refractivity (Wildman–Crippen MR) is 110 cm³/mol. The number of aromatic nitrogens is 2. The molecule has 2 aromatic rings. The zero-order valence-corrected chi connectivity index (χ0v) is 17.8. The molecule has 1 amide bonds. The predicted octanol–water partition coefficient (Wildman–Crippen LogP) is 4.26. The average Bonchev–Trinajstić information content (AvgIpc) is 3.29. The average molecular weight is 424 g/mol. The summed E-state index contributed by atoms with van der Waals surface area (Å²) in [6, 6.07) is 6.58. The minimum Gasteiger partial charge on any atom is -0.309 e. The summed E-state index contributed by atoms with van der Waals surface area (Å²) in [4.78, 5) is 13.2. The largest absolute Gasteiger partial charge is 0.309 e. The number of amides is 1. The molecule has 1 N–H and O–H groups in total. The van der Waals surface area contributed by atoms with E-state index in [2.05, 4.69) is 10.4 Å². The third-order valence-corrected chi connectivity index (χ3v) is 6.91. The maximum Gasteiger partial charge on any atom is 0.233 e. The summed E-state index contributed by atoms with van der Waals surface area (Å²) < 4.78 is 25.4. The molecule has 0 saturated heterocycles. The number of anilines is 1. The molecule has 1 unspecified atom stereocenters. The molecule has 0 aliphatic heterocycles. The van der Waals surface area contributed by atoms with E-state index < -0.39 is 15.8 Å². The first-order valence-corrected chi connectivity index (χ1v) is 11.9. The Kier molecular flexibility index (Phi) is 6.45. The topological polar surface area (TPSA) is 81.1 Å². The summed E-state index contributed by atoms with van der Waals surface area (Å²) in [6.45, 7) is 2.71. The standard InChI is InChI=1S/C20H26ClN3O3S/c1-3-24-11-10-19(23-24)22-20(25)16(12-14-6-4-5-7-14)15-8-9-18(17(21)13-15)28(2,26)27/h8-11,13-14,16H,3-7,12H2,1-2H3,(H,22,23,25). The maximum absolute atomic E-state index is 13.1. The summed E-state index contributed by atoms with van der Waals surface area (Å²) in [5.41, 5.74) is 0.733. The van der Waals surface area contributed by atoms with Crippen molar-refractivity contribution in [2.45, 2.75) is 56.4 Å². The number of nitrogens with one attached hydrogen (secondary N) is 1. The molecule has 28 heavy (non-hydrogen) atoms. The van der Waals surface area contributed by atoms with E-state index in [1.165, 1.54) is 18.9 Å². The lowest BCUT2D eigenvalue weighted by Gasteiger charge is -2.21. The zero-order valence-electron chi connectivity index (χ0n) is 16.2. The van der Waals surface area contributed by atoms with Gasteiger partial charge in [0.05, 0.1) is 15.8 Å². The number of rotatable bonds is 7. The fraction of sp³-hybridized carbons (Fsp3) is 0.500. The van der Waals surface area contributed by atoms with Gasteiger partial charge in [0, 0.05) is 25.1 Å². The monoisotopic (exact) mass is 423 g/mol. The highest BCUT2D eigenvalue weighted by atomic mass is 35.5. The number of nitrogens with zero attached hydrogens (tertiary/aromatic N) is 2. The lowest BCUT2D eigenvalue weighted by atomic mass is 9.87. The van der Waals surface area contributed by atoms with Crippen LogP contribution in [0.2, 0.25) is 5.02 Å². The second kappa shape index (κ2) is 8.66. The molecule has 1 atom stereocenters. The van der Waals surface area contributed by atoms with Crippen molar-refractivity contribution >= 4 is 33.2 Å². The molecule has 1 aliphatic carbocycles. The Morgan fingerprint density at radius 1 is 1.32 bits per heavy atom. The Bertz CT molecular complexity index is 949. The first-order valence-electron chi connectivity index (χ1n) is 9.61. The highest BCUT2D eigenvalue weighted by molar-refractivity contribution is 7.90. The smallest absolute Gasteiger partial charge is 0.233 e. The van der Waals surface area contributed by atoms with Gasteiger partial charge in [-0.05, 0) is 37.0 Å². The van der Waals surface area contributed by atoms with Crippen molar-refractivity contribution in [3.05, 3.63) is 41.0 Å². The van der Waals surface area contributed by atoms with Crippen LogP contribution in [0, 0.1) is 5.92 Å².